The number of hydrogen-bond acceptors (Lipinski definition) is 6. The van der Waals surface area contributed by atoms with Gasteiger partial charge in [-0.3, -0.25) is 4.79 Å². The van der Waals surface area contributed by atoms with Crippen LogP contribution in [0.1, 0.15) is 23.7 Å². The summed E-state index contributed by atoms with van der Waals surface area (Å²) in [4.78, 5) is 26.3. The highest BCUT2D eigenvalue weighted by Gasteiger charge is 2.52. The number of cyclic esters (lactones) is 1. The van der Waals surface area contributed by atoms with Crippen molar-refractivity contribution in [2.75, 3.05) is 13.2 Å². The van der Waals surface area contributed by atoms with E-state index in [2.05, 4.69) is 0 Å². The molecule has 0 spiro atoms. The molecule has 2 amide bonds. The minimum absolute atomic E-state index is 0.0262. The Morgan fingerprint density at radius 1 is 1.14 bits per heavy atom. The number of imide groups is 1. The molecule has 2 saturated heterocycles. The molecule has 2 fully saturated rings. The molecule has 2 aromatic carbocycles. The number of carbonyl (C=O) groups excluding carboxylic acids is 2. The summed E-state index contributed by atoms with van der Waals surface area (Å²) in [6, 6.07) is 15.4. The van der Waals surface area contributed by atoms with Gasteiger partial charge in [0.2, 0.25) is 0 Å². The van der Waals surface area contributed by atoms with Crippen molar-refractivity contribution >= 4 is 12.0 Å². The number of aliphatic hydroxyl groups is 1. The standard InChI is InChI=1S/C21H21NO6/c23-17-8-6-15(7-9-17)18-11-21(26,13-28-18)19(24)22-16(12-27-20(22)25)10-14-4-2-1-3-5-14/h1-9,16,18,23,26H,10-13H2/t16-,18?,21+/m0/s1. The normalized spacial score (nSPS) is 27.0. The number of ether oxygens (including phenoxy) is 2. The van der Waals surface area contributed by atoms with Crippen molar-refractivity contribution < 1.29 is 29.3 Å². The van der Waals surface area contributed by atoms with Crippen molar-refractivity contribution in [1.82, 2.24) is 4.90 Å². The second kappa shape index (κ2) is 7.26. The maximum atomic E-state index is 13.1. The quantitative estimate of drug-likeness (QED) is 0.840. The van der Waals surface area contributed by atoms with Gasteiger partial charge >= 0.3 is 6.09 Å². The molecule has 2 heterocycles. The van der Waals surface area contributed by atoms with Crippen molar-refractivity contribution in [2.45, 2.75) is 30.6 Å². The molecule has 2 aliphatic rings. The largest absolute Gasteiger partial charge is 0.508 e. The summed E-state index contributed by atoms with van der Waals surface area (Å²) in [6.45, 7) is -0.114. The second-order valence-electron chi connectivity index (χ2n) is 7.22. The third-order valence-corrected chi connectivity index (χ3v) is 5.20. The second-order valence-corrected chi connectivity index (χ2v) is 7.22. The van der Waals surface area contributed by atoms with Gasteiger partial charge in [-0.05, 0) is 29.7 Å². The van der Waals surface area contributed by atoms with Crippen LogP contribution in [0.2, 0.25) is 0 Å². The number of nitrogens with zero attached hydrogens (tertiary/aromatic N) is 1. The number of benzene rings is 2. The van der Waals surface area contributed by atoms with Crippen LogP contribution in [0, 0.1) is 0 Å². The van der Waals surface area contributed by atoms with E-state index in [1.54, 1.807) is 12.1 Å². The van der Waals surface area contributed by atoms with Gasteiger partial charge < -0.3 is 19.7 Å². The first-order valence-electron chi connectivity index (χ1n) is 9.13. The number of aromatic hydroxyl groups is 1. The SMILES string of the molecule is O=C1OC[C@H](Cc2ccccc2)N1C(=O)[C@]1(O)COC(c2ccc(O)cc2)C1. The zero-order valence-corrected chi connectivity index (χ0v) is 15.2. The van der Waals surface area contributed by atoms with E-state index in [0.717, 1.165) is 16.0 Å². The summed E-state index contributed by atoms with van der Waals surface area (Å²) in [5, 5.41) is 20.3. The fourth-order valence-corrected chi connectivity index (χ4v) is 3.69. The number of phenolic OH excluding ortho intramolecular Hbond substituents is 1. The van der Waals surface area contributed by atoms with Crippen molar-refractivity contribution in [1.29, 1.82) is 0 Å². The average molecular weight is 383 g/mol. The summed E-state index contributed by atoms with van der Waals surface area (Å²) in [7, 11) is 0. The van der Waals surface area contributed by atoms with Gasteiger partial charge in [-0.2, -0.15) is 0 Å². The molecule has 2 aromatic rings. The van der Waals surface area contributed by atoms with Crippen LogP contribution in [0.3, 0.4) is 0 Å². The lowest BCUT2D eigenvalue weighted by Crippen LogP contribution is -2.53. The summed E-state index contributed by atoms with van der Waals surface area (Å²) < 4.78 is 10.7. The molecule has 0 radical (unpaired) electrons. The maximum Gasteiger partial charge on any atom is 0.417 e. The monoisotopic (exact) mass is 383 g/mol. The Kier molecular flexibility index (Phi) is 4.78. The predicted molar refractivity (Wildman–Crippen MR) is 98.5 cm³/mol. The first-order chi connectivity index (χ1) is 13.5. The number of rotatable bonds is 4. The number of amides is 2. The third-order valence-electron chi connectivity index (χ3n) is 5.20. The Morgan fingerprint density at radius 2 is 1.86 bits per heavy atom. The van der Waals surface area contributed by atoms with Crippen molar-refractivity contribution in [2.24, 2.45) is 0 Å². The van der Waals surface area contributed by atoms with E-state index >= 15 is 0 Å². The zero-order valence-electron chi connectivity index (χ0n) is 15.2. The number of carbonyl (C=O) groups is 2. The van der Waals surface area contributed by atoms with E-state index < -0.39 is 29.7 Å². The van der Waals surface area contributed by atoms with Crippen LogP contribution in [0.4, 0.5) is 4.79 Å². The smallest absolute Gasteiger partial charge is 0.417 e. The van der Waals surface area contributed by atoms with Crippen molar-refractivity contribution in [3.63, 3.8) is 0 Å². The fraction of sp³-hybridized carbons (Fsp3) is 0.333. The highest BCUT2D eigenvalue weighted by molar-refractivity contribution is 5.98. The maximum absolute atomic E-state index is 13.1. The van der Waals surface area contributed by atoms with Crippen molar-refractivity contribution in [3.05, 3.63) is 65.7 Å². The van der Waals surface area contributed by atoms with Crippen molar-refractivity contribution in [3.8, 4) is 5.75 Å². The molecule has 2 N–H and O–H groups in total. The molecule has 28 heavy (non-hydrogen) atoms. The molecule has 146 valence electrons. The third kappa shape index (κ3) is 3.46. The van der Waals surface area contributed by atoms with E-state index in [-0.39, 0.29) is 25.4 Å². The van der Waals surface area contributed by atoms with Gasteiger partial charge in [0, 0.05) is 6.42 Å². The minimum atomic E-state index is -1.80. The number of phenols is 1. The lowest BCUT2D eigenvalue weighted by atomic mass is 9.94. The fourth-order valence-electron chi connectivity index (χ4n) is 3.69. The van der Waals surface area contributed by atoms with Crippen LogP contribution in [0.25, 0.3) is 0 Å². The van der Waals surface area contributed by atoms with Crippen LogP contribution in [-0.4, -0.2) is 52.0 Å². The Hall–Kier alpha value is -2.90. The average Bonchev–Trinajstić information content (AvgIpc) is 3.27. The Bertz CT molecular complexity index is 868. The van der Waals surface area contributed by atoms with Gasteiger partial charge in [-0.1, -0.05) is 42.5 Å². The Balaban J connectivity index is 1.50. The molecule has 4 rings (SSSR count). The zero-order chi connectivity index (χ0) is 19.7. The highest BCUT2D eigenvalue weighted by Crippen LogP contribution is 2.37. The van der Waals surface area contributed by atoms with E-state index in [4.69, 9.17) is 9.47 Å². The van der Waals surface area contributed by atoms with Crippen LogP contribution in [0.5, 0.6) is 5.75 Å². The summed E-state index contributed by atoms with van der Waals surface area (Å²) in [6.07, 6.45) is -0.761. The van der Waals surface area contributed by atoms with E-state index in [1.807, 2.05) is 30.3 Å². The van der Waals surface area contributed by atoms with Gasteiger partial charge in [0.1, 0.15) is 12.4 Å². The molecule has 0 bridgehead atoms. The summed E-state index contributed by atoms with van der Waals surface area (Å²) >= 11 is 0. The molecular weight excluding hydrogens is 362 g/mol. The van der Waals surface area contributed by atoms with Gasteiger partial charge in [-0.15, -0.1) is 0 Å². The minimum Gasteiger partial charge on any atom is -0.508 e. The van der Waals surface area contributed by atoms with Crippen LogP contribution in [-0.2, 0) is 20.7 Å². The van der Waals surface area contributed by atoms with Crippen LogP contribution >= 0.6 is 0 Å². The summed E-state index contributed by atoms with van der Waals surface area (Å²) in [5.41, 5.74) is -0.0903. The molecule has 7 nitrogen and oxygen atoms in total. The Labute approximate surface area is 162 Å². The van der Waals surface area contributed by atoms with Gasteiger partial charge in [0.25, 0.3) is 5.91 Å². The van der Waals surface area contributed by atoms with Crippen LogP contribution in [0.15, 0.2) is 54.6 Å². The molecule has 3 atom stereocenters. The molecule has 0 aromatic heterocycles. The summed E-state index contributed by atoms with van der Waals surface area (Å²) in [5.74, 6) is -0.575. The molecule has 0 saturated carbocycles. The van der Waals surface area contributed by atoms with E-state index in [1.165, 1.54) is 12.1 Å². The molecule has 7 heteroatoms. The lowest BCUT2D eigenvalue weighted by Gasteiger charge is -2.27. The van der Waals surface area contributed by atoms with Crippen LogP contribution < -0.4 is 0 Å². The molecule has 1 unspecified atom stereocenters. The van der Waals surface area contributed by atoms with Gasteiger partial charge in [-0.25, -0.2) is 9.69 Å². The topological polar surface area (TPSA) is 96.3 Å². The number of hydrogen-bond donors (Lipinski definition) is 2. The lowest BCUT2D eigenvalue weighted by molar-refractivity contribution is -0.148. The predicted octanol–water partition coefficient (Wildman–Crippen LogP) is 2.17. The highest BCUT2D eigenvalue weighted by atomic mass is 16.6. The van der Waals surface area contributed by atoms with Gasteiger partial charge in [0.15, 0.2) is 5.60 Å². The first kappa shape index (κ1) is 18.5. The van der Waals surface area contributed by atoms with E-state index in [0.29, 0.717) is 6.42 Å². The molecule has 0 aliphatic carbocycles. The van der Waals surface area contributed by atoms with E-state index in [9.17, 15) is 19.8 Å². The van der Waals surface area contributed by atoms with Gasteiger partial charge in [0.05, 0.1) is 18.8 Å². The molecule has 2 aliphatic heterocycles. The first-order valence-corrected chi connectivity index (χ1v) is 9.13. The molecular formula is C21H21NO6. The Morgan fingerprint density at radius 3 is 2.57 bits per heavy atom.